The second kappa shape index (κ2) is 14.7. The number of alkyl halides is 9. The summed E-state index contributed by atoms with van der Waals surface area (Å²) < 4.78 is 175. The third-order valence-corrected chi connectivity index (χ3v) is 12.4. The van der Waals surface area contributed by atoms with Crippen LogP contribution in [0.4, 0.5) is 43.9 Å². The summed E-state index contributed by atoms with van der Waals surface area (Å²) in [6.07, 6.45) is -17.5. The van der Waals surface area contributed by atoms with Crippen molar-refractivity contribution in [3.63, 3.8) is 0 Å². The first-order chi connectivity index (χ1) is 25.0. The van der Waals surface area contributed by atoms with Crippen LogP contribution in [0.25, 0.3) is 0 Å². The molecule has 294 valence electrons. The van der Waals surface area contributed by atoms with Crippen molar-refractivity contribution in [1.82, 2.24) is 4.90 Å². The van der Waals surface area contributed by atoms with E-state index in [1.54, 1.807) is 0 Å². The molecule has 1 aliphatic heterocycles. The number of likely N-dealkylation sites (tertiary alicyclic amines) is 1. The van der Waals surface area contributed by atoms with Gasteiger partial charge in [0, 0.05) is 30.1 Å². The summed E-state index contributed by atoms with van der Waals surface area (Å²) in [5.41, 5.74) is -7.85. The highest BCUT2D eigenvalue weighted by atomic mass is 32.2. The van der Waals surface area contributed by atoms with E-state index in [-0.39, 0.29) is 44.2 Å². The van der Waals surface area contributed by atoms with Gasteiger partial charge in [-0.05, 0) is 68.0 Å². The maximum Gasteiger partial charge on any atom is 0.573 e. The summed E-state index contributed by atoms with van der Waals surface area (Å²) in [5, 5.41) is 9.31. The van der Waals surface area contributed by atoms with Gasteiger partial charge >= 0.3 is 24.7 Å². The fourth-order valence-corrected chi connectivity index (χ4v) is 9.12. The van der Waals surface area contributed by atoms with E-state index in [4.69, 9.17) is 0 Å². The molecular weight excluding hydrogens is 768 g/mol. The third-order valence-electron chi connectivity index (χ3n) is 9.87. The Kier molecular flexibility index (Phi) is 11.1. The van der Waals surface area contributed by atoms with Crippen molar-refractivity contribution in [2.75, 3.05) is 13.1 Å². The second-order valence-electron chi connectivity index (χ2n) is 13.0. The van der Waals surface area contributed by atoms with E-state index in [0.29, 0.717) is 30.3 Å². The number of carbonyl (C=O) groups excluding carboxylic acids is 1. The minimum atomic E-state index is -6.28. The third kappa shape index (κ3) is 7.74. The van der Waals surface area contributed by atoms with E-state index < -0.39 is 103 Å². The fraction of sp³-hybridized carbons (Fsp3) is 0.429. The number of hydrogen-bond donors (Lipinski definition) is 1. The highest BCUT2D eigenvalue weighted by molar-refractivity contribution is 7.92. The molecule has 54 heavy (non-hydrogen) atoms. The van der Waals surface area contributed by atoms with E-state index >= 15 is 0 Å². The fourth-order valence-electron chi connectivity index (χ4n) is 7.04. The van der Waals surface area contributed by atoms with Gasteiger partial charge in [0.25, 0.3) is 5.60 Å². The lowest BCUT2D eigenvalue weighted by Gasteiger charge is -2.38. The molecule has 1 aliphatic carbocycles. The van der Waals surface area contributed by atoms with Crippen molar-refractivity contribution in [1.29, 1.82) is 0 Å². The van der Waals surface area contributed by atoms with Gasteiger partial charge in [0.15, 0.2) is 9.84 Å². The van der Waals surface area contributed by atoms with Crippen LogP contribution in [-0.2, 0) is 41.1 Å². The van der Waals surface area contributed by atoms with Crippen molar-refractivity contribution in [3.05, 3.63) is 95.3 Å². The Balaban J connectivity index is 1.55. The van der Waals surface area contributed by atoms with Gasteiger partial charge in [-0.25, -0.2) is 12.8 Å². The van der Waals surface area contributed by atoms with E-state index in [9.17, 15) is 67.0 Å². The van der Waals surface area contributed by atoms with Gasteiger partial charge in [-0.2, -0.15) is 26.3 Å². The number of amides is 1. The van der Waals surface area contributed by atoms with Crippen molar-refractivity contribution in [2.45, 2.75) is 72.7 Å². The molecular formula is C35H31F10NO7S. The molecule has 0 radical (unpaired) electrons. The molecule has 0 aromatic heterocycles. The highest BCUT2D eigenvalue weighted by Crippen LogP contribution is 2.54. The van der Waals surface area contributed by atoms with Crippen LogP contribution in [0.3, 0.4) is 0 Å². The Morgan fingerprint density at radius 1 is 0.796 bits per heavy atom. The largest absolute Gasteiger partial charge is 0.573 e. The minimum absolute atomic E-state index is 0.183. The molecule has 5 rings (SSSR count). The first-order valence-corrected chi connectivity index (χ1v) is 17.7. The number of aliphatic carboxylic acids is 1. The maximum absolute atomic E-state index is 14.7. The van der Waals surface area contributed by atoms with Gasteiger partial charge in [0.2, 0.25) is 5.91 Å². The molecule has 1 heterocycles. The highest BCUT2D eigenvalue weighted by Gasteiger charge is 2.73. The quantitative estimate of drug-likeness (QED) is 0.163. The standard InChI is InChI=1S/C35H31F10NO7S/c36-26-13-15-27(16-14-26)54(50,51)31(17-18-46(20-31)29(47)21-5-7-22(8-6-21)30(48)49)24-9-11-25(12-10-24)32(33(37,38)39,34(40,41)42)52-19-23-3-1-2-4-28(23)53-35(43,44)45/h1-4,9-16,21-22H,5-8,17-20H2,(H,48,49). The summed E-state index contributed by atoms with van der Waals surface area (Å²) in [7, 11) is -4.68. The zero-order chi connectivity index (χ0) is 39.9. The lowest BCUT2D eigenvalue weighted by molar-refractivity contribution is -0.392. The Morgan fingerprint density at radius 2 is 1.35 bits per heavy atom. The maximum atomic E-state index is 14.7. The van der Waals surface area contributed by atoms with Gasteiger partial charge < -0.3 is 19.5 Å². The summed E-state index contributed by atoms with van der Waals surface area (Å²) in [4.78, 5) is 25.7. The predicted molar refractivity (Wildman–Crippen MR) is 168 cm³/mol. The van der Waals surface area contributed by atoms with Gasteiger partial charge in [-0.1, -0.05) is 42.5 Å². The van der Waals surface area contributed by atoms with Gasteiger partial charge in [-0.15, -0.1) is 13.2 Å². The number of sulfone groups is 1. The van der Waals surface area contributed by atoms with E-state index in [2.05, 4.69) is 9.47 Å². The van der Waals surface area contributed by atoms with Crippen LogP contribution < -0.4 is 4.74 Å². The van der Waals surface area contributed by atoms with Crippen LogP contribution in [0.1, 0.15) is 48.8 Å². The number of ether oxygens (including phenoxy) is 2. The number of hydrogen-bond acceptors (Lipinski definition) is 6. The monoisotopic (exact) mass is 799 g/mol. The normalized spacial score (nSPS) is 21.6. The smallest absolute Gasteiger partial charge is 0.481 e. The number of carboxylic acids is 1. The summed E-state index contributed by atoms with van der Waals surface area (Å²) in [6.45, 7) is -2.47. The molecule has 2 aliphatic rings. The number of carboxylic acid groups (broad SMARTS) is 1. The van der Waals surface area contributed by atoms with Gasteiger partial charge in [0.1, 0.15) is 16.3 Å². The summed E-state index contributed by atoms with van der Waals surface area (Å²) >= 11 is 0. The number of para-hydroxylation sites is 1. The Morgan fingerprint density at radius 3 is 1.89 bits per heavy atom. The second-order valence-corrected chi connectivity index (χ2v) is 15.3. The number of halogens is 10. The molecule has 1 saturated carbocycles. The summed E-state index contributed by atoms with van der Waals surface area (Å²) in [6, 6.07) is 9.09. The molecule has 8 nitrogen and oxygen atoms in total. The van der Waals surface area contributed by atoms with Crippen LogP contribution in [0, 0.1) is 17.7 Å². The Hall–Kier alpha value is -4.39. The topological polar surface area (TPSA) is 110 Å². The van der Waals surface area contributed by atoms with Gasteiger partial charge in [0.05, 0.1) is 17.4 Å². The zero-order valence-corrected chi connectivity index (χ0v) is 28.6. The van der Waals surface area contributed by atoms with Crippen molar-refractivity contribution in [2.24, 2.45) is 11.8 Å². The molecule has 1 saturated heterocycles. The van der Waals surface area contributed by atoms with Crippen LogP contribution in [0.15, 0.2) is 77.7 Å². The van der Waals surface area contributed by atoms with E-state index in [0.717, 1.165) is 42.5 Å². The molecule has 0 bridgehead atoms. The molecule has 1 unspecified atom stereocenters. The average Bonchev–Trinajstić information content (AvgIpc) is 3.55. The molecule has 3 aromatic carbocycles. The minimum Gasteiger partial charge on any atom is -0.481 e. The number of benzene rings is 3. The van der Waals surface area contributed by atoms with Crippen LogP contribution in [0.5, 0.6) is 5.75 Å². The molecule has 19 heteroatoms. The van der Waals surface area contributed by atoms with Gasteiger partial charge in [-0.3, -0.25) is 9.59 Å². The lowest BCUT2D eigenvalue weighted by atomic mass is 9.81. The van der Waals surface area contributed by atoms with Crippen LogP contribution >= 0.6 is 0 Å². The first-order valence-electron chi connectivity index (χ1n) is 16.3. The molecule has 1 atom stereocenters. The Bertz CT molecular complexity index is 1930. The molecule has 1 N–H and O–H groups in total. The molecule has 3 aromatic rings. The zero-order valence-electron chi connectivity index (χ0n) is 27.8. The summed E-state index contributed by atoms with van der Waals surface area (Å²) in [5.74, 6) is -4.80. The van der Waals surface area contributed by atoms with Crippen molar-refractivity contribution in [3.8, 4) is 5.75 Å². The number of carbonyl (C=O) groups is 2. The first kappa shape index (κ1) is 40.8. The predicted octanol–water partition coefficient (Wildman–Crippen LogP) is 8.05. The Labute approximate surface area is 301 Å². The number of nitrogens with zero attached hydrogens (tertiary/aromatic N) is 1. The molecule has 2 fully saturated rings. The molecule has 1 amide bonds. The lowest BCUT2D eigenvalue weighted by Crippen LogP contribution is -2.55. The average molecular weight is 800 g/mol. The van der Waals surface area contributed by atoms with Crippen molar-refractivity contribution >= 4 is 21.7 Å². The van der Waals surface area contributed by atoms with Crippen molar-refractivity contribution < 1.29 is 76.5 Å². The van der Waals surface area contributed by atoms with Crippen LogP contribution in [-0.4, -0.2) is 62.1 Å². The SMILES string of the molecule is O=C(O)C1CCC(C(=O)N2CCC(c3ccc(C(OCc4ccccc4OC(F)(F)F)(C(F)(F)F)C(F)(F)F)cc3)(S(=O)(=O)c3ccc(F)cc3)C2)CC1. The van der Waals surface area contributed by atoms with Crippen LogP contribution in [0.2, 0.25) is 0 Å². The number of rotatable bonds is 10. The van der Waals surface area contributed by atoms with E-state index in [1.165, 1.54) is 4.90 Å². The van der Waals surface area contributed by atoms with E-state index in [1.807, 2.05) is 0 Å². The molecule has 0 spiro atoms.